The van der Waals surface area contributed by atoms with Crippen LogP contribution in [0.1, 0.15) is 13.3 Å². The third kappa shape index (κ3) is 3.13. The lowest BCUT2D eigenvalue weighted by Gasteiger charge is -2.15. The van der Waals surface area contributed by atoms with Crippen molar-refractivity contribution in [3.05, 3.63) is 24.3 Å². The molecule has 0 aromatic heterocycles. The molecule has 0 radical (unpaired) electrons. The number of carbonyl (C=O) groups is 2. The predicted octanol–water partition coefficient (Wildman–Crippen LogP) is 1.41. The Labute approximate surface area is 122 Å². The summed E-state index contributed by atoms with van der Waals surface area (Å²) in [6.07, 6.45) is 0.247. The van der Waals surface area contributed by atoms with E-state index in [1.165, 1.54) is 16.7 Å². The maximum atomic E-state index is 12.2. The van der Waals surface area contributed by atoms with Crippen molar-refractivity contribution in [2.24, 2.45) is 5.73 Å². The highest BCUT2D eigenvalue weighted by Gasteiger charge is 2.39. The van der Waals surface area contributed by atoms with Gasteiger partial charge in [-0.1, -0.05) is 0 Å². The van der Waals surface area contributed by atoms with E-state index in [4.69, 9.17) is 10.5 Å². The van der Waals surface area contributed by atoms with Gasteiger partial charge in [-0.15, -0.1) is 11.8 Å². The van der Waals surface area contributed by atoms with Crippen LogP contribution in [0.5, 0.6) is 5.75 Å². The van der Waals surface area contributed by atoms with Crippen LogP contribution in [-0.2, 0) is 9.59 Å². The number of hydrogen-bond donors (Lipinski definition) is 1. The average molecular weight is 294 g/mol. The van der Waals surface area contributed by atoms with Gasteiger partial charge in [0.15, 0.2) is 0 Å². The Hall–Kier alpha value is -1.53. The molecule has 1 heterocycles. The first-order valence-corrected chi connectivity index (χ1v) is 7.63. The molecule has 0 spiro atoms. The number of nitrogens with two attached hydrogens (primary N) is 1. The molecule has 1 aromatic carbocycles. The van der Waals surface area contributed by atoms with Gasteiger partial charge >= 0.3 is 0 Å². The highest BCUT2D eigenvalue weighted by atomic mass is 32.2. The van der Waals surface area contributed by atoms with Gasteiger partial charge in [0.05, 0.1) is 17.5 Å². The normalized spacial score (nSPS) is 18.7. The number of carbonyl (C=O) groups excluding carboxylic acids is 2. The van der Waals surface area contributed by atoms with Crippen LogP contribution in [0, 0.1) is 0 Å². The SMILES string of the molecule is CCOc1ccc(N2C(=O)C[C@H](SCCN)C2=O)cc1. The summed E-state index contributed by atoms with van der Waals surface area (Å²) in [5.41, 5.74) is 6.03. The van der Waals surface area contributed by atoms with Crippen LogP contribution in [0.15, 0.2) is 24.3 Å². The second-order valence-corrected chi connectivity index (χ2v) is 5.66. The number of benzene rings is 1. The van der Waals surface area contributed by atoms with Gasteiger partial charge in [-0.3, -0.25) is 9.59 Å². The number of thioether (sulfide) groups is 1. The van der Waals surface area contributed by atoms with Crippen molar-refractivity contribution >= 4 is 29.3 Å². The van der Waals surface area contributed by atoms with E-state index < -0.39 is 0 Å². The largest absolute Gasteiger partial charge is 0.494 e. The first kappa shape index (κ1) is 14.9. The Morgan fingerprint density at radius 1 is 1.35 bits per heavy atom. The molecule has 2 N–H and O–H groups in total. The zero-order valence-corrected chi connectivity index (χ0v) is 12.2. The van der Waals surface area contributed by atoms with Crippen molar-refractivity contribution in [1.82, 2.24) is 0 Å². The maximum Gasteiger partial charge on any atom is 0.247 e. The smallest absolute Gasteiger partial charge is 0.247 e. The molecular weight excluding hydrogens is 276 g/mol. The summed E-state index contributed by atoms with van der Waals surface area (Å²) in [5, 5.41) is -0.308. The van der Waals surface area contributed by atoms with E-state index in [0.29, 0.717) is 24.6 Å². The van der Waals surface area contributed by atoms with Gasteiger partial charge in [0, 0.05) is 18.7 Å². The summed E-state index contributed by atoms with van der Waals surface area (Å²) in [6.45, 7) is 2.99. The molecule has 1 aromatic rings. The number of anilines is 1. The molecule has 20 heavy (non-hydrogen) atoms. The molecule has 1 aliphatic rings. The van der Waals surface area contributed by atoms with Crippen LogP contribution in [0.2, 0.25) is 0 Å². The van der Waals surface area contributed by atoms with Crippen molar-refractivity contribution < 1.29 is 14.3 Å². The molecule has 2 amide bonds. The van der Waals surface area contributed by atoms with Gasteiger partial charge < -0.3 is 10.5 Å². The number of amides is 2. The Bertz CT molecular complexity index is 490. The third-order valence-corrected chi connectivity index (χ3v) is 4.19. The molecule has 1 atom stereocenters. The van der Waals surface area contributed by atoms with Crippen LogP contribution in [0.4, 0.5) is 5.69 Å². The number of ether oxygens (including phenoxy) is 1. The zero-order valence-electron chi connectivity index (χ0n) is 11.4. The lowest BCUT2D eigenvalue weighted by Crippen LogP contribution is -2.31. The van der Waals surface area contributed by atoms with Crippen molar-refractivity contribution in [3.63, 3.8) is 0 Å². The molecule has 0 unspecified atom stereocenters. The lowest BCUT2D eigenvalue weighted by atomic mass is 10.3. The Morgan fingerprint density at radius 3 is 2.65 bits per heavy atom. The standard InChI is InChI=1S/C14H18N2O3S/c1-2-19-11-5-3-10(4-6-11)16-13(17)9-12(14(16)18)20-8-7-15/h3-6,12H,2,7-9,15H2,1H3/t12-/m0/s1. The average Bonchev–Trinajstić information content (AvgIpc) is 2.73. The van der Waals surface area contributed by atoms with Crippen LogP contribution in [0.25, 0.3) is 0 Å². The fourth-order valence-corrected chi connectivity index (χ4v) is 3.00. The Balaban J connectivity index is 2.11. The number of nitrogens with zero attached hydrogens (tertiary/aromatic N) is 1. The van der Waals surface area contributed by atoms with E-state index in [-0.39, 0.29) is 23.5 Å². The lowest BCUT2D eigenvalue weighted by molar-refractivity contribution is -0.121. The van der Waals surface area contributed by atoms with Gasteiger partial charge in [-0.25, -0.2) is 4.90 Å². The molecule has 0 aliphatic carbocycles. The third-order valence-electron chi connectivity index (χ3n) is 2.95. The van der Waals surface area contributed by atoms with E-state index in [2.05, 4.69) is 0 Å². The predicted molar refractivity (Wildman–Crippen MR) is 80.0 cm³/mol. The molecule has 1 aliphatic heterocycles. The quantitative estimate of drug-likeness (QED) is 0.803. The van der Waals surface area contributed by atoms with Crippen LogP contribution >= 0.6 is 11.8 Å². The Morgan fingerprint density at radius 2 is 2.05 bits per heavy atom. The van der Waals surface area contributed by atoms with Crippen molar-refractivity contribution in [2.75, 3.05) is 23.8 Å². The molecule has 1 saturated heterocycles. The highest BCUT2D eigenvalue weighted by Crippen LogP contribution is 2.30. The van der Waals surface area contributed by atoms with Gasteiger partial charge in [0.25, 0.3) is 0 Å². The van der Waals surface area contributed by atoms with Crippen molar-refractivity contribution in [3.8, 4) is 5.75 Å². The van der Waals surface area contributed by atoms with Gasteiger partial charge in [-0.2, -0.15) is 0 Å². The van der Waals surface area contributed by atoms with E-state index >= 15 is 0 Å². The van der Waals surface area contributed by atoms with E-state index in [1.54, 1.807) is 24.3 Å². The van der Waals surface area contributed by atoms with Crippen LogP contribution in [-0.4, -0.2) is 36.0 Å². The second-order valence-electron chi connectivity index (χ2n) is 4.35. The molecular formula is C14H18N2O3S. The molecule has 6 heteroatoms. The Kier molecular flexibility index (Phi) is 5.03. The minimum atomic E-state index is -0.308. The van der Waals surface area contributed by atoms with Crippen LogP contribution in [0.3, 0.4) is 0 Å². The molecule has 2 rings (SSSR count). The fourth-order valence-electron chi connectivity index (χ4n) is 2.07. The van der Waals surface area contributed by atoms with Gasteiger partial charge in [-0.05, 0) is 31.2 Å². The summed E-state index contributed by atoms with van der Waals surface area (Å²) >= 11 is 1.44. The van der Waals surface area contributed by atoms with Crippen LogP contribution < -0.4 is 15.4 Å². The van der Waals surface area contributed by atoms with E-state index in [9.17, 15) is 9.59 Å². The summed E-state index contributed by atoms with van der Waals surface area (Å²) in [4.78, 5) is 25.5. The molecule has 5 nitrogen and oxygen atoms in total. The summed E-state index contributed by atoms with van der Waals surface area (Å²) in [7, 11) is 0. The fraction of sp³-hybridized carbons (Fsp3) is 0.429. The molecule has 108 valence electrons. The first-order chi connectivity index (χ1) is 9.67. The zero-order chi connectivity index (χ0) is 14.5. The first-order valence-electron chi connectivity index (χ1n) is 6.58. The summed E-state index contributed by atoms with van der Waals surface area (Å²) in [5.74, 6) is 1.09. The minimum Gasteiger partial charge on any atom is -0.494 e. The van der Waals surface area contributed by atoms with Crippen molar-refractivity contribution in [2.45, 2.75) is 18.6 Å². The second kappa shape index (κ2) is 6.76. The molecule has 1 fully saturated rings. The summed E-state index contributed by atoms with van der Waals surface area (Å²) in [6, 6.07) is 6.99. The van der Waals surface area contributed by atoms with Crippen molar-refractivity contribution in [1.29, 1.82) is 0 Å². The summed E-state index contributed by atoms with van der Waals surface area (Å²) < 4.78 is 5.35. The number of imide groups is 1. The monoisotopic (exact) mass is 294 g/mol. The highest BCUT2D eigenvalue weighted by molar-refractivity contribution is 8.00. The number of hydrogen-bond acceptors (Lipinski definition) is 5. The number of rotatable bonds is 6. The maximum absolute atomic E-state index is 12.2. The minimum absolute atomic E-state index is 0.155. The topological polar surface area (TPSA) is 72.6 Å². The molecule has 0 saturated carbocycles. The van der Waals surface area contributed by atoms with Gasteiger partial charge in [0.2, 0.25) is 11.8 Å². The van der Waals surface area contributed by atoms with E-state index in [1.807, 2.05) is 6.92 Å². The van der Waals surface area contributed by atoms with Gasteiger partial charge in [0.1, 0.15) is 5.75 Å². The molecule has 0 bridgehead atoms. The van der Waals surface area contributed by atoms with E-state index in [0.717, 1.165) is 5.75 Å².